The van der Waals surface area contributed by atoms with E-state index in [-0.39, 0.29) is 11.4 Å². The van der Waals surface area contributed by atoms with Gasteiger partial charge in [-0.2, -0.15) is 5.10 Å². The lowest BCUT2D eigenvalue weighted by molar-refractivity contribution is 0.0699. The van der Waals surface area contributed by atoms with Crippen LogP contribution in [0.25, 0.3) is 10.9 Å². The zero-order chi connectivity index (χ0) is 10.3. The number of nitrogens with zero attached hydrogens (tertiary/aromatic N) is 1. The Hall–Kier alpha value is -1.56. The first kappa shape index (κ1) is 9.01. The SMILES string of the molecule is Nc1n[nH]c2c(Br)ccc(C(=O)O)c12. The van der Waals surface area contributed by atoms with Gasteiger partial charge in [-0.1, -0.05) is 0 Å². The minimum Gasteiger partial charge on any atom is -0.478 e. The van der Waals surface area contributed by atoms with Gasteiger partial charge in [0.15, 0.2) is 5.82 Å². The maximum atomic E-state index is 10.9. The van der Waals surface area contributed by atoms with Crippen LogP contribution in [0, 0.1) is 0 Å². The largest absolute Gasteiger partial charge is 0.478 e. The van der Waals surface area contributed by atoms with E-state index in [4.69, 9.17) is 10.8 Å². The van der Waals surface area contributed by atoms with Crippen molar-refractivity contribution in [1.29, 1.82) is 0 Å². The molecule has 0 aliphatic rings. The molecular formula is C8H6BrN3O2. The second kappa shape index (κ2) is 2.98. The zero-order valence-corrected chi connectivity index (χ0v) is 8.50. The number of halogens is 1. The maximum absolute atomic E-state index is 10.9. The molecule has 14 heavy (non-hydrogen) atoms. The summed E-state index contributed by atoms with van der Waals surface area (Å²) >= 11 is 3.27. The molecule has 0 saturated heterocycles. The summed E-state index contributed by atoms with van der Waals surface area (Å²) in [5, 5.41) is 15.8. The number of anilines is 1. The molecule has 0 aliphatic heterocycles. The van der Waals surface area contributed by atoms with E-state index < -0.39 is 5.97 Å². The predicted molar refractivity (Wildman–Crippen MR) is 55.2 cm³/mol. The molecule has 6 heteroatoms. The molecule has 4 N–H and O–H groups in total. The molecule has 0 spiro atoms. The van der Waals surface area contributed by atoms with Crippen LogP contribution in [0.2, 0.25) is 0 Å². The average Bonchev–Trinajstić information content (AvgIpc) is 2.50. The van der Waals surface area contributed by atoms with Gasteiger partial charge in [0.2, 0.25) is 0 Å². The molecule has 2 rings (SSSR count). The van der Waals surface area contributed by atoms with Gasteiger partial charge in [-0.15, -0.1) is 0 Å². The van der Waals surface area contributed by atoms with Gasteiger partial charge in [0.05, 0.1) is 16.5 Å². The van der Waals surface area contributed by atoms with Crippen molar-refractivity contribution in [1.82, 2.24) is 10.2 Å². The Morgan fingerprint density at radius 3 is 2.93 bits per heavy atom. The number of aromatic nitrogens is 2. The second-order valence-electron chi connectivity index (χ2n) is 2.76. The first-order valence-corrected chi connectivity index (χ1v) is 4.56. The molecule has 0 amide bonds. The summed E-state index contributed by atoms with van der Waals surface area (Å²) in [6, 6.07) is 3.13. The lowest BCUT2D eigenvalue weighted by Gasteiger charge is -1.98. The van der Waals surface area contributed by atoms with Crippen LogP contribution in [-0.4, -0.2) is 21.3 Å². The molecule has 0 radical (unpaired) electrons. The van der Waals surface area contributed by atoms with Crippen molar-refractivity contribution < 1.29 is 9.90 Å². The fraction of sp³-hybridized carbons (Fsp3) is 0. The molecule has 5 nitrogen and oxygen atoms in total. The third-order valence-corrected chi connectivity index (χ3v) is 2.59. The van der Waals surface area contributed by atoms with E-state index in [1.807, 2.05) is 0 Å². The topological polar surface area (TPSA) is 92.0 Å². The number of carboxylic acid groups (broad SMARTS) is 1. The quantitative estimate of drug-likeness (QED) is 0.722. The third kappa shape index (κ3) is 1.15. The summed E-state index contributed by atoms with van der Waals surface area (Å²) in [5.41, 5.74) is 6.30. The molecule has 0 atom stereocenters. The normalized spacial score (nSPS) is 10.6. The number of aromatic amines is 1. The molecule has 1 aromatic heterocycles. The van der Waals surface area contributed by atoms with Crippen LogP contribution in [0.4, 0.5) is 5.82 Å². The van der Waals surface area contributed by atoms with E-state index >= 15 is 0 Å². The van der Waals surface area contributed by atoms with Gasteiger partial charge in [0, 0.05) is 4.47 Å². The summed E-state index contributed by atoms with van der Waals surface area (Å²) in [4.78, 5) is 10.9. The number of nitrogen functional groups attached to an aromatic ring is 1. The summed E-state index contributed by atoms with van der Waals surface area (Å²) in [7, 11) is 0. The fourth-order valence-electron chi connectivity index (χ4n) is 1.30. The van der Waals surface area contributed by atoms with Gasteiger partial charge in [-0.3, -0.25) is 5.10 Å². The number of nitrogens with one attached hydrogen (secondary N) is 1. The number of nitrogens with two attached hydrogens (primary N) is 1. The molecule has 0 aliphatic carbocycles. The standard InChI is InChI=1S/C8H6BrN3O2/c9-4-2-1-3(8(13)14)5-6(4)11-12-7(5)10/h1-2H,(H,13,14)(H3,10,11,12). The van der Waals surface area contributed by atoms with E-state index in [0.717, 1.165) is 4.47 Å². The summed E-state index contributed by atoms with van der Waals surface area (Å²) < 4.78 is 0.738. The number of fused-ring (bicyclic) bond motifs is 1. The van der Waals surface area contributed by atoms with Crippen LogP contribution in [0.5, 0.6) is 0 Å². The highest BCUT2D eigenvalue weighted by atomic mass is 79.9. The van der Waals surface area contributed by atoms with Gasteiger partial charge in [0.25, 0.3) is 0 Å². The Bertz CT molecular complexity index is 521. The number of rotatable bonds is 1. The van der Waals surface area contributed by atoms with Crippen LogP contribution in [0.3, 0.4) is 0 Å². The molecular weight excluding hydrogens is 250 g/mol. The average molecular weight is 256 g/mol. The number of hydrogen-bond donors (Lipinski definition) is 3. The second-order valence-corrected chi connectivity index (χ2v) is 3.61. The number of aromatic carboxylic acids is 1. The monoisotopic (exact) mass is 255 g/mol. The van der Waals surface area contributed by atoms with Gasteiger partial charge in [-0.25, -0.2) is 4.79 Å². The number of carboxylic acids is 1. The van der Waals surface area contributed by atoms with Crippen LogP contribution < -0.4 is 5.73 Å². The van der Waals surface area contributed by atoms with Gasteiger partial charge >= 0.3 is 5.97 Å². The van der Waals surface area contributed by atoms with Crippen molar-refractivity contribution in [2.75, 3.05) is 5.73 Å². The van der Waals surface area contributed by atoms with Crippen molar-refractivity contribution in [3.8, 4) is 0 Å². The Morgan fingerprint density at radius 1 is 1.57 bits per heavy atom. The van der Waals surface area contributed by atoms with Crippen molar-refractivity contribution in [3.63, 3.8) is 0 Å². The van der Waals surface area contributed by atoms with Crippen LogP contribution >= 0.6 is 15.9 Å². The van der Waals surface area contributed by atoms with Crippen molar-refractivity contribution >= 4 is 38.6 Å². The lowest BCUT2D eigenvalue weighted by Crippen LogP contribution is -1.98. The zero-order valence-electron chi connectivity index (χ0n) is 6.91. The number of carbonyl (C=O) groups is 1. The van der Waals surface area contributed by atoms with Crippen LogP contribution in [0.15, 0.2) is 16.6 Å². The molecule has 0 unspecified atom stereocenters. The first-order chi connectivity index (χ1) is 6.61. The van der Waals surface area contributed by atoms with Gasteiger partial charge in [0.1, 0.15) is 0 Å². The number of benzene rings is 1. The minimum absolute atomic E-state index is 0.148. The highest BCUT2D eigenvalue weighted by Crippen LogP contribution is 2.28. The highest BCUT2D eigenvalue weighted by molar-refractivity contribution is 9.10. The Kier molecular flexibility index (Phi) is 1.92. The Labute approximate surface area is 87.0 Å². The van der Waals surface area contributed by atoms with Crippen molar-refractivity contribution in [2.24, 2.45) is 0 Å². The van der Waals surface area contributed by atoms with Crippen molar-refractivity contribution in [2.45, 2.75) is 0 Å². The molecule has 0 fully saturated rings. The van der Waals surface area contributed by atoms with E-state index in [1.54, 1.807) is 6.07 Å². The highest BCUT2D eigenvalue weighted by Gasteiger charge is 2.15. The molecule has 0 bridgehead atoms. The van der Waals surface area contributed by atoms with Gasteiger partial charge < -0.3 is 10.8 Å². The molecule has 1 aromatic carbocycles. The fourth-order valence-corrected chi connectivity index (χ4v) is 1.72. The van der Waals surface area contributed by atoms with Crippen LogP contribution in [-0.2, 0) is 0 Å². The summed E-state index contributed by atoms with van der Waals surface area (Å²) in [6.45, 7) is 0. The van der Waals surface area contributed by atoms with E-state index in [1.165, 1.54) is 6.07 Å². The molecule has 2 aromatic rings. The summed E-state index contributed by atoms with van der Waals surface area (Å²) in [6.07, 6.45) is 0. The Balaban J connectivity index is 2.92. The van der Waals surface area contributed by atoms with E-state index in [0.29, 0.717) is 10.9 Å². The van der Waals surface area contributed by atoms with E-state index in [9.17, 15) is 4.79 Å². The number of H-pyrrole nitrogens is 1. The molecule has 0 saturated carbocycles. The molecule has 1 heterocycles. The predicted octanol–water partition coefficient (Wildman–Crippen LogP) is 1.61. The van der Waals surface area contributed by atoms with Crippen LogP contribution in [0.1, 0.15) is 10.4 Å². The lowest BCUT2D eigenvalue weighted by atomic mass is 10.1. The Morgan fingerprint density at radius 2 is 2.29 bits per heavy atom. The first-order valence-electron chi connectivity index (χ1n) is 3.76. The number of hydrogen-bond acceptors (Lipinski definition) is 3. The maximum Gasteiger partial charge on any atom is 0.336 e. The van der Waals surface area contributed by atoms with Gasteiger partial charge in [-0.05, 0) is 28.1 Å². The molecule has 72 valence electrons. The van der Waals surface area contributed by atoms with Crippen molar-refractivity contribution in [3.05, 3.63) is 22.2 Å². The third-order valence-electron chi connectivity index (χ3n) is 1.93. The summed E-state index contributed by atoms with van der Waals surface area (Å²) in [5.74, 6) is -0.825. The minimum atomic E-state index is -1.02. The smallest absolute Gasteiger partial charge is 0.336 e. The van der Waals surface area contributed by atoms with E-state index in [2.05, 4.69) is 26.1 Å².